The molecule has 148 valence electrons. The Kier molecular flexibility index (Phi) is 4.88. The molecule has 0 fully saturated rings. The molecule has 29 heavy (non-hydrogen) atoms. The summed E-state index contributed by atoms with van der Waals surface area (Å²) in [5.41, 5.74) is 5.36. The molecule has 6 heteroatoms. The Morgan fingerprint density at radius 3 is 2.72 bits per heavy atom. The number of hydrogen-bond donors (Lipinski definition) is 1. The first-order valence-corrected chi connectivity index (χ1v) is 10.3. The zero-order valence-corrected chi connectivity index (χ0v) is 17.5. The van der Waals surface area contributed by atoms with Gasteiger partial charge in [-0.3, -0.25) is 4.79 Å². The van der Waals surface area contributed by atoms with E-state index in [-0.39, 0.29) is 11.3 Å². The molecule has 0 aliphatic heterocycles. The van der Waals surface area contributed by atoms with Gasteiger partial charge in [0.25, 0.3) is 5.56 Å². The van der Waals surface area contributed by atoms with Gasteiger partial charge in [0, 0.05) is 5.56 Å². The van der Waals surface area contributed by atoms with Crippen LogP contribution in [0.4, 0.5) is 0 Å². The predicted octanol–water partition coefficient (Wildman–Crippen LogP) is 3.91. The van der Waals surface area contributed by atoms with Crippen LogP contribution in [-0.2, 0) is 6.42 Å². The SMILES string of the molecule is C=CCc1cc(/C=c2\sc3nc4cc(C)c(C)cc4n3c2=O)cc(OCC)c1O. The van der Waals surface area contributed by atoms with Crippen molar-refractivity contribution in [3.05, 3.63) is 74.1 Å². The fourth-order valence-electron chi connectivity index (χ4n) is 3.42. The third-order valence-electron chi connectivity index (χ3n) is 4.99. The standard InChI is InChI=1S/C23H22N2O3S/c1-5-7-16-10-15(11-19(21(16)26)28-6-2)12-20-22(27)25-18-9-14(4)13(3)8-17(18)24-23(25)29-20/h5,8-12,26H,1,6-7H2,2-4H3/b20-12-. The molecule has 2 heterocycles. The van der Waals surface area contributed by atoms with Crippen LogP contribution >= 0.6 is 11.3 Å². The Hall–Kier alpha value is -3.12. The van der Waals surface area contributed by atoms with Crippen LogP contribution < -0.4 is 14.8 Å². The lowest BCUT2D eigenvalue weighted by molar-refractivity contribution is 0.317. The Bertz CT molecular complexity index is 1370. The Balaban J connectivity index is 1.92. The summed E-state index contributed by atoms with van der Waals surface area (Å²) in [5.74, 6) is 0.521. The van der Waals surface area contributed by atoms with Crippen LogP contribution in [0.3, 0.4) is 0 Å². The summed E-state index contributed by atoms with van der Waals surface area (Å²) in [6, 6.07) is 7.63. The highest BCUT2D eigenvalue weighted by molar-refractivity contribution is 7.15. The van der Waals surface area contributed by atoms with E-state index in [9.17, 15) is 9.90 Å². The first kappa shape index (κ1) is 19.2. The molecule has 4 aromatic rings. The van der Waals surface area contributed by atoms with Crippen LogP contribution in [0, 0.1) is 13.8 Å². The van der Waals surface area contributed by atoms with Crippen LogP contribution in [0.5, 0.6) is 11.5 Å². The van der Waals surface area contributed by atoms with Gasteiger partial charge in [-0.05, 0) is 74.2 Å². The molecular formula is C23H22N2O3S. The van der Waals surface area contributed by atoms with Gasteiger partial charge in [0.15, 0.2) is 16.5 Å². The molecule has 0 aliphatic rings. The second kappa shape index (κ2) is 7.37. The number of rotatable bonds is 5. The van der Waals surface area contributed by atoms with Crippen LogP contribution in [0.2, 0.25) is 0 Å². The van der Waals surface area contributed by atoms with E-state index in [2.05, 4.69) is 11.6 Å². The summed E-state index contributed by atoms with van der Waals surface area (Å²) >= 11 is 1.36. The highest BCUT2D eigenvalue weighted by Gasteiger charge is 2.14. The monoisotopic (exact) mass is 406 g/mol. The zero-order chi connectivity index (χ0) is 20.7. The summed E-state index contributed by atoms with van der Waals surface area (Å²) < 4.78 is 7.82. The number of hydrogen-bond acceptors (Lipinski definition) is 5. The molecule has 4 rings (SSSR count). The number of phenolic OH excluding ortho intramolecular Hbond substituents is 1. The topological polar surface area (TPSA) is 63.8 Å². The van der Waals surface area contributed by atoms with Gasteiger partial charge in [-0.15, -0.1) is 6.58 Å². The fraction of sp³-hybridized carbons (Fsp3) is 0.217. The lowest BCUT2D eigenvalue weighted by Gasteiger charge is -2.10. The van der Waals surface area contributed by atoms with Crippen LogP contribution in [0.1, 0.15) is 29.2 Å². The molecule has 0 unspecified atom stereocenters. The molecule has 0 spiro atoms. The molecule has 1 N–H and O–H groups in total. The number of imidazole rings is 1. The highest BCUT2D eigenvalue weighted by atomic mass is 32.1. The van der Waals surface area contributed by atoms with Crippen molar-refractivity contribution in [3.8, 4) is 11.5 Å². The minimum Gasteiger partial charge on any atom is -0.504 e. The van der Waals surface area contributed by atoms with Crippen molar-refractivity contribution in [3.63, 3.8) is 0 Å². The van der Waals surface area contributed by atoms with Crippen LogP contribution in [0.25, 0.3) is 22.1 Å². The molecule has 5 nitrogen and oxygen atoms in total. The van der Waals surface area contributed by atoms with Crippen LogP contribution in [-0.4, -0.2) is 21.1 Å². The first-order valence-electron chi connectivity index (χ1n) is 9.46. The number of nitrogens with zero attached hydrogens (tertiary/aromatic N) is 2. The van der Waals surface area contributed by atoms with E-state index in [4.69, 9.17) is 4.74 Å². The largest absolute Gasteiger partial charge is 0.504 e. The fourth-order valence-corrected chi connectivity index (χ4v) is 4.41. The van der Waals surface area contributed by atoms with Gasteiger partial charge < -0.3 is 9.84 Å². The normalized spacial score (nSPS) is 12.2. The van der Waals surface area contributed by atoms with Crippen molar-refractivity contribution in [1.82, 2.24) is 9.38 Å². The predicted molar refractivity (Wildman–Crippen MR) is 118 cm³/mol. The molecule has 0 atom stereocenters. The van der Waals surface area contributed by atoms with Gasteiger partial charge in [-0.2, -0.15) is 0 Å². The summed E-state index contributed by atoms with van der Waals surface area (Å²) in [7, 11) is 0. The van der Waals surface area contributed by atoms with Crippen molar-refractivity contribution in [2.75, 3.05) is 6.61 Å². The third kappa shape index (κ3) is 3.29. The molecule has 2 aromatic heterocycles. The van der Waals surface area contributed by atoms with Gasteiger partial charge in [0.05, 0.1) is 22.2 Å². The van der Waals surface area contributed by atoms with Crippen molar-refractivity contribution in [1.29, 1.82) is 0 Å². The molecule has 0 saturated heterocycles. The molecule has 0 radical (unpaired) electrons. The van der Waals surface area contributed by atoms with E-state index in [1.54, 1.807) is 16.5 Å². The number of thiazole rings is 1. The first-order chi connectivity index (χ1) is 13.9. The van der Waals surface area contributed by atoms with Crippen molar-refractivity contribution >= 4 is 33.4 Å². The van der Waals surface area contributed by atoms with Crippen molar-refractivity contribution < 1.29 is 9.84 Å². The number of aromatic nitrogens is 2. The zero-order valence-electron chi connectivity index (χ0n) is 16.7. The summed E-state index contributed by atoms with van der Waals surface area (Å²) in [6.45, 7) is 10.1. The van der Waals surface area contributed by atoms with Gasteiger partial charge in [0.1, 0.15) is 0 Å². The number of aromatic hydroxyl groups is 1. The molecule has 0 amide bonds. The maximum atomic E-state index is 13.1. The maximum absolute atomic E-state index is 13.1. The minimum absolute atomic E-state index is 0.0907. The molecule has 0 bridgehead atoms. The average Bonchev–Trinajstić information content (AvgIpc) is 3.16. The van der Waals surface area contributed by atoms with E-state index in [1.165, 1.54) is 11.3 Å². The number of ether oxygens (including phenoxy) is 1. The number of benzene rings is 2. The minimum atomic E-state index is -0.0907. The van der Waals surface area contributed by atoms with E-state index in [0.717, 1.165) is 27.7 Å². The second-order valence-corrected chi connectivity index (χ2v) is 8.03. The smallest absolute Gasteiger partial charge is 0.274 e. The van der Waals surface area contributed by atoms with Gasteiger partial charge in [-0.25, -0.2) is 9.38 Å². The van der Waals surface area contributed by atoms with E-state index in [0.29, 0.717) is 33.8 Å². The molecule has 0 saturated carbocycles. The lowest BCUT2D eigenvalue weighted by atomic mass is 10.1. The Labute approximate surface area is 172 Å². The quantitative estimate of drug-likeness (QED) is 0.511. The van der Waals surface area contributed by atoms with Crippen molar-refractivity contribution in [2.45, 2.75) is 27.2 Å². The average molecular weight is 407 g/mol. The van der Waals surface area contributed by atoms with Gasteiger partial charge in [0.2, 0.25) is 0 Å². The maximum Gasteiger partial charge on any atom is 0.274 e. The number of phenols is 1. The van der Waals surface area contributed by atoms with Crippen LogP contribution in [0.15, 0.2) is 41.7 Å². The number of allylic oxidation sites excluding steroid dienone is 1. The summed E-state index contributed by atoms with van der Waals surface area (Å²) in [4.78, 5) is 18.4. The van der Waals surface area contributed by atoms with E-state index >= 15 is 0 Å². The third-order valence-corrected chi connectivity index (χ3v) is 5.96. The molecule has 0 aliphatic carbocycles. The summed E-state index contributed by atoms with van der Waals surface area (Å²) in [5, 5.41) is 10.4. The molecular weight excluding hydrogens is 384 g/mol. The molecule has 2 aromatic carbocycles. The Morgan fingerprint density at radius 2 is 2.00 bits per heavy atom. The highest BCUT2D eigenvalue weighted by Crippen LogP contribution is 2.32. The van der Waals surface area contributed by atoms with Gasteiger partial charge in [-0.1, -0.05) is 17.4 Å². The summed E-state index contributed by atoms with van der Waals surface area (Å²) in [6.07, 6.45) is 4.06. The van der Waals surface area contributed by atoms with Gasteiger partial charge >= 0.3 is 0 Å². The lowest BCUT2D eigenvalue weighted by Crippen LogP contribution is -2.22. The number of fused-ring (bicyclic) bond motifs is 3. The van der Waals surface area contributed by atoms with E-state index in [1.807, 2.05) is 45.0 Å². The van der Waals surface area contributed by atoms with Crippen molar-refractivity contribution in [2.24, 2.45) is 0 Å². The Morgan fingerprint density at radius 1 is 1.24 bits per heavy atom. The number of aryl methyl sites for hydroxylation is 2. The van der Waals surface area contributed by atoms with E-state index < -0.39 is 0 Å². The second-order valence-electron chi connectivity index (χ2n) is 7.02.